The number of carbonyl (C=O) groups excluding carboxylic acids is 1. The lowest BCUT2D eigenvalue weighted by molar-refractivity contribution is -0.132. The number of nitriles is 1. The molecule has 0 saturated heterocycles. The molecule has 2 aliphatic carbocycles. The molecule has 0 heterocycles. The number of amides is 1. The zero-order valence-corrected chi connectivity index (χ0v) is 16.6. The molecule has 0 aliphatic heterocycles. The van der Waals surface area contributed by atoms with E-state index in [1.807, 2.05) is 18.2 Å². The maximum Gasteiger partial charge on any atom is 0.241 e. The van der Waals surface area contributed by atoms with Gasteiger partial charge in [0.25, 0.3) is 0 Å². The number of nitrogens with zero attached hydrogens (tertiary/aromatic N) is 2. The molecule has 1 aromatic rings. The van der Waals surface area contributed by atoms with Crippen molar-refractivity contribution in [3.05, 3.63) is 47.7 Å². The topological polar surface area (TPSA) is 103 Å². The van der Waals surface area contributed by atoms with E-state index in [1.54, 1.807) is 7.11 Å². The molecule has 0 radical (unpaired) electrons. The molecule has 0 bridgehead atoms. The van der Waals surface area contributed by atoms with Crippen LogP contribution in [0.3, 0.4) is 0 Å². The van der Waals surface area contributed by atoms with Crippen LogP contribution in [-0.4, -0.2) is 30.0 Å². The Labute approximate surface area is 166 Å². The van der Waals surface area contributed by atoms with Crippen molar-refractivity contribution in [1.29, 1.82) is 10.7 Å². The van der Waals surface area contributed by atoms with E-state index in [-0.39, 0.29) is 23.4 Å². The largest absolute Gasteiger partial charge is 0.381 e. The van der Waals surface area contributed by atoms with E-state index >= 15 is 0 Å². The Morgan fingerprint density at radius 3 is 2.89 bits per heavy atom. The summed E-state index contributed by atoms with van der Waals surface area (Å²) in [5.41, 5.74) is 7.94. The van der Waals surface area contributed by atoms with Gasteiger partial charge in [0.2, 0.25) is 5.91 Å². The van der Waals surface area contributed by atoms with Crippen LogP contribution in [0.25, 0.3) is 0 Å². The van der Waals surface area contributed by atoms with Crippen molar-refractivity contribution in [3.63, 3.8) is 0 Å². The first-order valence-electron chi connectivity index (χ1n) is 9.76. The highest BCUT2D eigenvalue weighted by Crippen LogP contribution is 2.57. The van der Waals surface area contributed by atoms with Crippen molar-refractivity contribution in [1.82, 2.24) is 4.90 Å². The molecule has 1 amide bonds. The molecular weight excluding hydrogens is 352 g/mol. The predicted octanol–water partition coefficient (Wildman–Crippen LogP) is 3.28. The zero-order chi connectivity index (χ0) is 20.5. The van der Waals surface area contributed by atoms with Gasteiger partial charge in [-0.05, 0) is 60.3 Å². The maximum atomic E-state index is 13.5. The Morgan fingerprint density at radius 1 is 1.57 bits per heavy atom. The van der Waals surface area contributed by atoms with E-state index in [2.05, 4.69) is 19.6 Å². The summed E-state index contributed by atoms with van der Waals surface area (Å²) < 4.78 is 5.70. The summed E-state index contributed by atoms with van der Waals surface area (Å²) in [6.45, 7) is 5.83. The van der Waals surface area contributed by atoms with Crippen molar-refractivity contribution in [2.24, 2.45) is 17.1 Å². The van der Waals surface area contributed by atoms with Crippen molar-refractivity contribution in [2.45, 2.75) is 51.0 Å². The fraction of sp³-hybridized carbons (Fsp3) is 0.500. The smallest absolute Gasteiger partial charge is 0.241 e. The molecule has 2 aliphatic rings. The van der Waals surface area contributed by atoms with Gasteiger partial charge in [0.1, 0.15) is 0 Å². The summed E-state index contributed by atoms with van der Waals surface area (Å²) in [4.78, 5) is 14.6. The number of fused-ring (bicyclic) bond motifs is 1. The number of carbonyl (C=O) groups is 1. The molecule has 4 unspecified atom stereocenters. The number of rotatable bonds is 4. The Hall–Kier alpha value is -2.65. The lowest BCUT2D eigenvalue weighted by Gasteiger charge is -2.45. The molecule has 1 fully saturated rings. The van der Waals surface area contributed by atoms with E-state index in [9.17, 15) is 10.1 Å². The summed E-state index contributed by atoms with van der Waals surface area (Å²) in [6, 6.07) is 7.79. The highest BCUT2D eigenvalue weighted by molar-refractivity contribution is 6.00. The van der Waals surface area contributed by atoms with Gasteiger partial charge in [0.05, 0.1) is 23.7 Å². The molecular formula is C22H28N4O2. The number of benzene rings is 1. The van der Waals surface area contributed by atoms with Gasteiger partial charge in [-0.1, -0.05) is 26.0 Å². The first-order chi connectivity index (χ1) is 13.4. The minimum atomic E-state index is -0.440. The van der Waals surface area contributed by atoms with Gasteiger partial charge in [-0.15, -0.1) is 0 Å². The lowest BCUT2D eigenvalue weighted by Crippen LogP contribution is -2.47. The van der Waals surface area contributed by atoms with Gasteiger partial charge in [-0.25, -0.2) is 0 Å². The van der Waals surface area contributed by atoms with Crippen LogP contribution in [0.15, 0.2) is 31.0 Å². The van der Waals surface area contributed by atoms with Crippen molar-refractivity contribution >= 4 is 11.9 Å². The molecule has 1 aromatic carbocycles. The highest BCUT2D eigenvalue weighted by Gasteiger charge is 2.54. The summed E-state index contributed by atoms with van der Waals surface area (Å²) >= 11 is 0. The van der Waals surface area contributed by atoms with Crippen LogP contribution < -0.4 is 5.73 Å². The van der Waals surface area contributed by atoms with E-state index in [0.29, 0.717) is 11.5 Å². The van der Waals surface area contributed by atoms with Gasteiger partial charge in [-0.2, -0.15) is 5.26 Å². The number of nitrogens with two attached hydrogens (primary N) is 1. The van der Waals surface area contributed by atoms with Crippen molar-refractivity contribution in [2.75, 3.05) is 7.11 Å². The quantitative estimate of drug-likeness (QED) is 0.618. The zero-order valence-electron chi connectivity index (χ0n) is 16.6. The second-order valence-electron chi connectivity index (χ2n) is 7.96. The monoisotopic (exact) mass is 380 g/mol. The fourth-order valence-electron chi connectivity index (χ4n) is 5.31. The standard InChI is InChI=1S/C22H28N4O2/c1-4-15-11-22(9-8-18(15)28-3)12-16-7-6-14(13-23)10-17(16)19(22)20(27)26(5-2)21(24)25/h5-7,10,15,18-19H,2,4,8-9,11-12H2,1,3H3,(H3,24,25). The molecule has 0 aromatic heterocycles. The molecule has 28 heavy (non-hydrogen) atoms. The molecule has 148 valence electrons. The summed E-state index contributed by atoms with van der Waals surface area (Å²) in [6.07, 6.45) is 5.91. The number of guanidine groups is 1. The Kier molecular flexibility index (Phi) is 5.57. The fourth-order valence-corrected chi connectivity index (χ4v) is 5.31. The van der Waals surface area contributed by atoms with Gasteiger partial charge in [-0.3, -0.25) is 15.1 Å². The number of ether oxygens (including phenoxy) is 1. The molecule has 6 nitrogen and oxygen atoms in total. The SMILES string of the molecule is C=CN(C(=N)N)C(=O)C1c2cc(C#N)ccc2CC12CCC(OC)C(CC)C2. The van der Waals surface area contributed by atoms with E-state index in [4.69, 9.17) is 15.9 Å². The van der Waals surface area contributed by atoms with Crippen molar-refractivity contribution in [3.8, 4) is 6.07 Å². The molecule has 1 spiro atoms. The first-order valence-corrected chi connectivity index (χ1v) is 9.76. The highest BCUT2D eigenvalue weighted by atomic mass is 16.5. The number of nitrogens with one attached hydrogen (secondary N) is 1. The minimum Gasteiger partial charge on any atom is -0.381 e. The Morgan fingerprint density at radius 2 is 2.32 bits per heavy atom. The average Bonchev–Trinajstić information content (AvgIpc) is 2.99. The Bertz CT molecular complexity index is 843. The second-order valence-corrected chi connectivity index (χ2v) is 7.96. The van der Waals surface area contributed by atoms with E-state index < -0.39 is 5.92 Å². The lowest BCUT2D eigenvalue weighted by atomic mass is 9.61. The third-order valence-electron chi connectivity index (χ3n) is 6.62. The number of methoxy groups -OCH3 is 1. The van der Waals surface area contributed by atoms with E-state index in [1.165, 1.54) is 6.20 Å². The normalized spacial score (nSPS) is 28.4. The van der Waals surface area contributed by atoms with Gasteiger partial charge < -0.3 is 10.5 Å². The molecule has 3 rings (SSSR count). The minimum absolute atomic E-state index is 0.202. The van der Waals surface area contributed by atoms with Gasteiger partial charge in [0, 0.05) is 13.3 Å². The number of hydrogen-bond donors (Lipinski definition) is 2. The summed E-state index contributed by atoms with van der Waals surface area (Å²) in [5, 5.41) is 17.1. The Balaban J connectivity index is 2.09. The molecule has 3 N–H and O–H groups in total. The van der Waals surface area contributed by atoms with Crippen LogP contribution in [0.5, 0.6) is 0 Å². The van der Waals surface area contributed by atoms with E-state index in [0.717, 1.165) is 48.1 Å². The molecule has 1 saturated carbocycles. The average molecular weight is 380 g/mol. The predicted molar refractivity (Wildman–Crippen MR) is 107 cm³/mol. The van der Waals surface area contributed by atoms with Crippen LogP contribution in [0, 0.1) is 28.1 Å². The third-order valence-corrected chi connectivity index (χ3v) is 6.62. The van der Waals surface area contributed by atoms with Crippen LogP contribution in [-0.2, 0) is 16.0 Å². The van der Waals surface area contributed by atoms with Crippen LogP contribution in [0.1, 0.15) is 55.2 Å². The first kappa shape index (κ1) is 20.1. The third kappa shape index (κ3) is 3.20. The van der Waals surface area contributed by atoms with Crippen LogP contribution in [0.2, 0.25) is 0 Å². The van der Waals surface area contributed by atoms with Gasteiger partial charge >= 0.3 is 0 Å². The molecule has 4 atom stereocenters. The van der Waals surface area contributed by atoms with Crippen LogP contribution >= 0.6 is 0 Å². The van der Waals surface area contributed by atoms with Crippen molar-refractivity contribution < 1.29 is 9.53 Å². The van der Waals surface area contributed by atoms with Gasteiger partial charge in [0.15, 0.2) is 5.96 Å². The molecule has 6 heteroatoms. The summed E-state index contributed by atoms with van der Waals surface area (Å²) in [7, 11) is 1.76. The van der Waals surface area contributed by atoms with Crippen LogP contribution in [0.4, 0.5) is 0 Å². The second kappa shape index (κ2) is 7.76. The number of hydrogen-bond acceptors (Lipinski definition) is 4. The summed E-state index contributed by atoms with van der Waals surface area (Å²) in [5.74, 6) is -0.641. The maximum absolute atomic E-state index is 13.5.